The summed E-state index contributed by atoms with van der Waals surface area (Å²) >= 11 is 0.876. The molecule has 0 aliphatic rings. The van der Waals surface area contributed by atoms with E-state index < -0.39 is 47.2 Å². The fraction of sp³-hybridized carbons (Fsp3) is 0.176. The van der Waals surface area contributed by atoms with E-state index in [1.165, 1.54) is 0 Å². The summed E-state index contributed by atoms with van der Waals surface area (Å²) < 4.78 is 71.9. The van der Waals surface area contributed by atoms with Gasteiger partial charge in [0.15, 0.2) is 0 Å². The largest absolute Gasteiger partial charge is 0.550 e. The van der Waals surface area contributed by atoms with E-state index in [9.17, 15) is 31.9 Å². The number of carbonyl (C=O) groups excluding carboxylic acids is 2. The molecule has 2 aromatic rings. The molecule has 0 fully saturated rings. The third-order valence-electron chi connectivity index (χ3n) is 3.16. The second-order valence-corrected chi connectivity index (χ2v) is 6.05. The minimum atomic E-state index is -2.31. The van der Waals surface area contributed by atoms with Gasteiger partial charge in [-0.05, 0) is 17.3 Å². The van der Waals surface area contributed by atoms with Crippen LogP contribution in [0, 0.1) is 29.1 Å². The van der Waals surface area contributed by atoms with Crippen molar-refractivity contribution in [1.29, 1.82) is 0 Å². The van der Waals surface area contributed by atoms with Crippen molar-refractivity contribution >= 4 is 22.8 Å². The van der Waals surface area contributed by atoms with E-state index in [4.69, 9.17) is 4.42 Å². The van der Waals surface area contributed by atoms with Crippen LogP contribution < -0.4 is 5.11 Å². The number of hydrogen-bond donors (Lipinski definition) is 0. The normalized spacial score (nSPS) is 11.7. The molecule has 138 valence electrons. The highest BCUT2D eigenvalue weighted by atomic mass is 32.2. The van der Waals surface area contributed by atoms with E-state index >= 15 is 0 Å². The van der Waals surface area contributed by atoms with Crippen LogP contribution in [0.25, 0.3) is 0 Å². The Labute approximate surface area is 149 Å². The fourth-order valence-electron chi connectivity index (χ4n) is 1.88. The minimum Gasteiger partial charge on any atom is -0.550 e. The molecule has 0 aromatic heterocycles. The number of rotatable bonds is 6. The molecule has 0 atom stereocenters. The maximum atomic E-state index is 13.7. The van der Waals surface area contributed by atoms with Gasteiger partial charge in [-0.3, -0.25) is 0 Å². The zero-order valence-electron chi connectivity index (χ0n) is 13.0. The molecule has 0 amide bonds. The Balaban J connectivity index is 2.36. The summed E-state index contributed by atoms with van der Waals surface area (Å²) in [4.78, 5) is 10.6. The Morgan fingerprint density at radius 1 is 0.885 bits per heavy atom. The lowest BCUT2D eigenvalue weighted by molar-refractivity contribution is -0.372. The Morgan fingerprint density at radius 2 is 1.42 bits per heavy atom. The van der Waals surface area contributed by atoms with Crippen molar-refractivity contribution in [2.45, 2.75) is 18.6 Å². The van der Waals surface area contributed by atoms with Crippen LogP contribution in [-0.4, -0.2) is 11.1 Å². The smallest absolute Gasteiger partial charge is 0.430 e. The van der Waals surface area contributed by atoms with Crippen LogP contribution in [0.1, 0.15) is 18.4 Å². The molecule has 0 radical (unpaired) electrons. The highest BCUT2D eigenvalue weighted by Crippen LogP contribution is 2.30. The molecule has 0 aliphatic carbocycles. The molecule has 2 aromatic carbocycles. The Hall–Kier alpha value is -2.42. The number of carboxylic acid groups (broad SMARTS) is 1. The molecular weight excluding hydrogens is 379 g/mol. The van der Waals surface area contributed by atoms with Crippen molar-refractivity contribution in [3.05, 3.63) is 65.0 Å². The summed E-state index contributed by atoms with van der Waals surface area (Å²) in [6.07, 6.45) is -0.883. The van der Waals surface area contributed by atoms with Crippen molar-refractivity contribution in [1.82, 2.24) is 0 Å². The van der Waals surface area contributed by atoms with Crippen LogP contribution >= 0.6 is 11.8 Å². The Kier molecular flexibility index (Phi) is 6.73. The third-order valence-corrected chi connectivity index (χ3v) is 4.25. The summed E-state index contributed by atoms with van der Waals surface area (Å²) in [5, 5.41) is 10.4. The average Bonchev–Trinajstić information content (AvgIpc) is 2.64. The lowest BCUT2D eigenvalue weighted by atomic mass is 10.2. The topological polar surface area (TPSA) is 51.4 Å². The van der Waals surface area contributed by atoms with E-state index in [0.717, 1.165) is 17.3 Å². The number of aliphatic carboxylic acids is 1. The molecule has 0 unspecified atom stereocenters. The van der Waals surface area contributed by atoms with Crippen molar-refractivity contribution in [2.24, 2.45) is 0 Å². The van der Waals surface area contributed by atoms with Crippen LogP contribution in [0.4, 0.5) is 22.0 Å². The molecule has 0 spiro atoms. The molecule has 9 heteroatoms. The van der Waals surface area contributed by atoms with Crippen molar-refractivity contribution in [3.63, 3.8) is 0 Å². The second-order valence-electron chi connectivity index (χ2n) is 5.02. The molecule has 0 saturated carbocycles. The van der Waals surface area contributed by atoms with Gasteiger partial charge in [-0.25, -0.2) is 4.39 Å². The number of carboxylic acids is 1. The fourth-order valence-corrected chi connectivity index (χ4v) is 2.79. The van der Waals surface area contributed by atoms with Gasteiger partial charge in [0.2, 0.25) is 17.5 Å². The summed E-state index contributed by atoms with van der Waals surface area (Å²) in [5.74, 6) is -13.6. The third kappa shape index (κ3) is 4.81. The molecule has 0 heterocycles. The van der Waals surface area contributed by atoms with Gasteiger partial charge < -0.3 is 9.90 Å². The molecule has 0 aliphatic heterocycles. The van der Waals surface area contributed by atoms with Crippen molar-refractivity contribution in [3.8, 4) is 5.75 Å². The molecule has 3 nitrogen and oxygen atoms in total. The quantitative estimate of drug-likeness (QED) is 0.328. The van der Waals surface area contributed by atoms with Crippen LogP contribution in [0.3, 0.4) is 0 Å². The highest BCUT2D eigenvalue weighted by Gasteiger charge is 2.34. The van der Waals surface area contributed by atoms with Gasteiger partial charge in [0, 0.05) is 18.1 Å². The van der Waals surface area contributed by atoms with Gasteiger partial charge in [0.25, 0.3) is 11.6 Å². The standard InChI is InChI=1S/C17H11F5O3S/c18-12-13(19)15(21)17(16(22)14(12)20)25-11(7-6-10(23)24)26-8-9-4-2-1-3-5-9/h1-5H,6-8H2. The molecule has 0 bridgehead atoms. The first-order valence-corrected chi connectivity index (χ1v) is 8.21. The van der Waals surface area contributed by atoms with Crippen LogP contribution in [-0.2, 0) is 15.0 Å². The number of halogens is 5. The monoisotopic (exact) mass is 390 g/mol. The van der Waals surface area contributed by atoms with Gasteiger partial charge in [-0.15, -0.1) is 0 Å². The summed E-state index contributed by atoms with van der Waals surface area (Å²) in [7, 11) is 0. The zero-order chi connectivity index (χ0) is 19.3. The van der Waals surface area contributed by atoms with Crippen molar-refractivity contribution < 1.29 is 36.3 Å². The molecule has 26 heavy (non-hydrogen) atoms. The predicted octanol–water partition coefficient (Wildman–Crippen LogP) is 3.62. The maximum Gasteiger partial charge on any atom is 0.430 e. The van der Waals surface area contributed by atoms with E-state index in [1.54, 1.807) is 30.3 Å². The van der Waals surface area contributed by atoms with Crippen molar-refractivity contribution in [2.75, 3.05) is 0 Å². The van der Waals surface area contributed by atoms with Crippen LogP contribution in [0.2, 0.25) is 0 Å². The van der Waals surface area contributed by atoms with Crippen LogP contribution in [0.15, 0.2) is 30.3 Å². The van der Waals surface area contributed by atoms with E-state index in [-0.39, 0.29) is 17.3 Å². The number of hydrogen-bond acceptors (Lipinski definition) is 3. The Morgan fingerprint density at radius 3 is 1.96 bits per heavy atom. The summed E-state index contributed by atoms with van der Waals surface area (Å²) in [6, 6.07) is 8.72. The van der Waals surface area contributed by atoms with Gasteiger partial charge in [-0.1, -0.05) is 30.3 Å². The van der Waals surface area contributed by atoms with E-state index in [2.05, 4.69) is 0 Å². The van der Waals surface area contributed by atoms with Gasteiger partial charge in [-0.2, -0.15) is 22.0 Å². The molecule has 0 saturated heterocycles. The predicted molar refractivity (Wildman–Crippen MR) is 82.7 cm³/mol. The highest BCUT2D eigenvalue weighted by molar-refractivity contribution is 8.13. The maximum absolute atomic E-state index is 13.7. The lowest BCUT2D eigenvalue weighted by Gasteiger charge is -2.01. The summed E-state index contributed by atoms with van der Waals surface area (Å²) in [5.41, 5.74) is 0.782. The lowest BCUT2D eigenvalue weighted by Crippen LogP contribution is -2.22. The van der Waals surface area contributed by atoms with Gasteiger partial charge >= 0.3 is 10.9 Å². The Bertz CT molecular complexity index is 811. The van der Waals surface area contributed by atoms with Crippen LogP contribution in [0.5, 0.6) is 5.75 Å². The van der Waals surface area contributed by atoms with E-state index in [1.807, 2.05) is 0 Å². The zero-order valence-corrected chi connectivity index (χ0v) is 13.8. The average molecular weight is 390 g/mol. The minimum absolute atomic E-state index is 0.221. The van der Waals surface area contributed by atoms with Gasteiger partial charge in [0.1, 0.15) is 0 Å². The summed E-state index contributed by atoms with van der Waals surface area (Å²) in [6.45, 7) is 0. The van der Waals surface area contributed by atoms with E-state index in [0.29, 0.717) is 0 Å². The first-order chi connectivity index (χ1) is 12.3. The SMILES string of the molecule is O=C([O-])CCC(=[O+]c1c(F)c(F)c(F)c(F)c1F)SCc1ccccc1. The van der Waals surface area contributed by atoms with Gasteiger partial charge in [0.05, 0.1) is 6.42 Å². The first kappa shape index (κ1) is 19.9. The molecule has 2 rings (SSSR count). The number of benzene rings is 2. The second kappa shape index (κ2) is 8.79. The molecular formula is C17H11F5O3S. The number of carbonyl (C=O) groups is 1. The number of thioether (sulfide) groups is 1. The molecule has 0 N–H and O–H groups in total. The first-order valence-electron chi connectivity index (χ1n) is 7.23.